The molecule has 0 amide bonds. The Hall–Kier alpha value is -1.11. The van der Waals surface area contributed by atoms with Crippen LogP contribution in [0.1, 0.15) is 44.6 Å². The van der Waals surface area contributed by atoms with E-state index < -0.39 is 0 Å². The van der Waals surface area contributed by atoms with Crippen molar-refractivity contribution in [3.8, 4) is 0 Å². The second kappa shape index (κ2) is 4.18. The molecule has 0 N–H and O–H groups in total. The molecule has 0 spiro atoms. The smallest absolute Gasteiger partial charge is 0.133 e. The molecule has 2 rings (SSSR count). The summed E-state index contributed by atoms with van der Waals surface area (Å²) in [6.45, 7) is 2.23. The highest BCUT2D eigenvalue weighted by Crippen LogP contribution is 2.36. The molecule has 0 aliphatic heterocycles. The summed E-state index contributed by atoms with van der Waals surface area (Å²) in [5.41, 5.74) is 1.40. The zero-order chi connectivity index (χ0) is 10.7. The van der Waals surface area contributed by atoms with Crippen LogP contribution in [-0.2, 0) is 10.2 Å². The van der Waals surface area contributed by atoms with Crippen LogP contribution in [0, 0.1) is 0 Å². The van der Waals surface area contributed by atoms with Crippen LogP contribution >= 0.6 is 0 Å². The maximum Gasteiger partial charge on any atom is 0.133 e. The number of carbonyl (C=O) groups is 1. The van der Waals surface area contributed by atoms with E-state index in [4.69, 9.17) is 0 Å². The minimum Gasteiger partial charge on any atom is -0.300 e. The Balaban J connectivity index is 2.28. The first-order chi connectivity index (χ1) is 7.21. The van der Waals surface area contributed by atoms with Gasteiger partial charge in [0.1, 0.15) is 5.78 Å². The first kappa shape index (κ1) is 10.4. The minimum atomic E-state index is 0.0782. The van der Waals surface area contributed by atoms with Crippen LogP contribution in [0.3, 0.4) is 0 Å². The molecule has 0 saturated heterocycles. The Morgan fingerprint density at radius 2 is 1.87 bits per heavy atom. The van der Waals surface area contributed by atoms with Crippen molar-refractivity contribution in [1.29, 1.82) is 0 Å². The number of rotatable bonds is 1. The number of hydrogen-bond donors (Lipinski definition) is 0. The summed E-state index contributed by atoms with van der Waals surface area (Å²) in [5, 5.41) is 0. The van der Waals surface area contributed by atoms with Gasteiger partial charge >= 0.3 is 0 Å². The lowest BCUT2D eigenvalue weighted by atomic mass is 9.76. The third kappa shape index (κ3) is 2.28. The van der Waals surface area contributed by atoms with E-state index in [1.807, 2.05) is 6.07 Å². The van der Waals surface area contributed by atoms with E-state index in [1.165, 1.54) is 12.0 Å². The molecule has 0 unspecified atom stereocenters. The van der Waals surface area contributed by atoms with Crippen LogP contribution < -0.4 is 0 Å². The highest BCUT2D eigenvalue weighted by Gasteiger charge is 2.30. The molecule has 0 radical (unpaired) electrons. The van der Waals surface area contributed by atoms with Crippen LogP contribution in [-0.4, -0.2) is 5.78 Å². The standard InChI is InChI=1S/C14H18O/c1-14(12-7-3-2-4-8-12)10-6-5-9-13(15)11-14/h2-4,7-8H,5-6,9-11H2,1H3/t14-/m1/s1. The van der Waals surface area contributed by atoms with Crippen molar-refractivity contribution >= 4 is 5.78 Å². The maximum atomic E-state index is 11.7. The van der Waals surface area contributed by atoms with Gasteiger partial charge in [0.2, 0.25) is 0 Å². The average molecular weight is 202 g/mol. The highest BCUT2D eigenvalue weighted by atomic mass is 16.1. The Morgan fingerprint density at radius 1 is 1.13 bits per heavy atom. The van der Waals surface area contributed by atoms with Gasteiger partial charge in [0.05, 0.1) is 0 Å². The third-order valence-electron chi connectivity index (χ3n) is 3.49. The number of benzene rings is 1. The normalized spacial score (nSPS) is 27.4. The Bertz CT molecular complexity index is 342. The van der Waals surface area contributed by atoms with Crippen LogP contribution in [0.4, 0.5) is 0 Å². The monoisotopic (exact) mass is 202 g/mol. The van der Waals surface area contributed by atoms with Crippen molar-refractivity contribution in [3.05, 3.63) is 35.9 Å². The molecule has 1 heteroatoms. The number of ketones is 1. The first-order valence-corrected chi connectivity index (χ1v) is 5.78. The van der Waals surface area contributed by atoms with Gasteiger partial charge in [-0.1, -0.05) is 43.7 Å². The number of carbonyl (C=O) groups excluding carboxylic acids is 1. The Kier molecular flexibility index (Phi) is 2.90. The minimum absolute atomic E-state index is 0.0782. The predicted octanol–water partition coefficient (Wildman–Crippen LogP) is 3.48. The van der Waals surface area contributed by atoms with E-state index in [2.05, 4.69) is 31.2 Å². The summed E-state index contributed by atoms with van der Waals surface area (Å²) in [5.74, 6) is 0.429. The van der Waals surface area contributed by atoms with E-state index in [0.29, 0.717) is 5.78 Å². The van der Waals surface area contributed by atoms with Crippen LogP contribution in [0.25, 0.3) is 0 Å². The van der Waals surface area contributed by atoms with E-state index in [9.17, 15) is 4.79 Å². The van der Waals surface area contributed by atoms with E-state index >= 15 is 0 Å². The molecule has 0 heterocycles. The van der Waals surface area contributed by atoms with Crippen molar-refractivity contribution in [3.63, 3.8) is 0 Å². The lowest BCUT2D eigenvalue weighted by Gasteiger charge is -2.27. The molecule has 1 nitrogen and oxygen atoms in total. The van der Waals surface area contributed by atoms with Crippen molar-refractivity contribution in [2.75, 3.05) is 0 Å². The average Bonchev–Trinajstić information content (AvgIpc) is 2.42. The molecule has 1 aliphatic rings. The summed E-state index contributed by atoms with van der Waals surface area (Å²) in [6, 6.07) is 10.5. The van der Waals surface area contributed by atoms with Crippen LogP contribution in [0.15, 0.2) is 30.3 Å². The molecule has 0 aromatic heterocycles. The molecule has 15 heavy (non-hydrogen) atoms. The van der Waals surface area contributed by atoms with Gasteiger partial charge in [-0.15, -0.1) is 0 Å². The van der Waals surface area contributed by atoms with Gasteiger partial charge < -0.3 is 0 Å². The fourth-order valence-corrected chi connectivity index (χ4v) is 2.54. The Morgan fingerprint density at radius 3 is 2.60 bits per heavy atom. The lowest BCUT2D eigenvalue weighted by Crippen LogP contribution is -2.23. The first-order valence-electron chi connectivity index (χ1n) is 5.78. The molecule has 80 valence electrons. The van der Waals surface area contributed by atoms with Crippen LogP contribution in [0.5, 0.6) is 0 Å². The zero-order valence-corrected chi connectivity index (χ0v) is 9.33. The molecule has 1 fully saturated rings. The maximum absolute atomic E-state index is 11.7. The molecular weight excluding hydrogens is 184 g/mol. The van der Waals surface area contributed by atoms with Gasteiger partial charge in [-0.25, -0.2) is 0 Å². The van der Waals surface area contributed by atoms with Gasteiger partial charge in [-0.3, -0.25) is 4.79 Å². The van der Waals surface area contributed by atoms with E-state index in [-0.39, 0.29) is 5.41 Å². The number of hydrogen-bond acceptors (Lipinski definition) is 1. The lowest BCUT2D eigenvalue weighted by molar-refractivity contribution is -0.119. The summed E-state index contributed by atoms with van der Waals surface area (Å²) in [4.78, 5) is 11.7. The summed E-state index contributed by atoms with van der Waals surface area (Å²) in [7, 11) is 0. The van der Waals surface area contributed by atoms with Gasteiger partial charge in [0.25, 0.3) is 0 Å². The van der Waals surface area contributed by atoms with Crippen molar-refractivity contribution in [2.45, 2.75) is 44.4 Å². The van der Waals surface area contributed by atoms with Crippen molar-refractivity contribution < 1.29 is 4.79 Å². The topological polar surface area (TPSA) is 17.1 Å². The molecule has 1 aromatic rings. The summed E-state index contributed by atoms with van der Waals surface area (Å²) >= 11 is 0. The molecule has 1 aliphatic carbocycles. The fourth-order valence-electron chi connectivity index (χ4n) is 2.54. The third-order valence-corrected chi connectivity index (χ3v) is 3.49. The summed E-state index contributed by atoms with van der Waals surface area (Å²) < 4.78 is 0. The van der Waals surface area contributed by atoms with Gasteiger partial charge in [0, 0.05) is 12.8 Å². The Labute approximate surface area is 91.5 Å². The van der Waals surface area contributed by atoms with Gasteiger partial charge in [0.15, 0.2) is 0 Å². The largest absolute Gasteiger partial charge is 0.300 e. The van der Waals surface area contributed by atoms with Crippen LogP contribution in [0.2, 0.25) is 0 Å². The zero-order valence-electron chi connectivity index (χ0n) is 9.33. The highest BCUT2D eigenvalue weighted by molar-refractivity contribution is 5.80. The predicted molar refractivity (Wildman–Crippen MR) is 61.9 cm³/mol. The fraction of sp³-hybridized carbons (Fsp3) is 0.500. The second-order valence-electron chi connectivity index (χ2n) is 4.85. The van der Waals surface area contributed by atoms with Gasteiger partial charge in [-0.05, 0) is 23.8 Å². The molecule has 0 bridgehead atoms. The molecular formula is C14H18O. The van der Waals surface area contributed by atoms with Crippen molar-refractivity contribution in [2.24, 2.45) is 0 Å². The molecule has 1 saturated carbocycles. The SMILES string of the molecule is C[C@@]1(c2ccccc2)CCCCC(=O)C1. The second-order valence-corrected chi connectivity index (χ2v) is 4.85. The number of Topliss-reactive ketones (excluding diaryl/α,β-unsaturated/α-hetero) is 1. The van der Waals surface area contributed by atoms with E-state index in [1.54, 1.807) is 0 Å². The molecule has 1 aromatic carbocycles. The molecule has 1 atom stereocenters. The quantitative estimate of drug-likeness (QED) is 0.637. The van der Waals surface area contributed by atoms with Crippen molar-refractivity contribution in [1.82, 2.24) is 0 Å². The summed E-state index contributed by atoms with van der Waals surface area (Å²) in [6.07, 6.45) is 4.89. The van der Waals surface area contributed by atoms with E-state index in [0.717, 1.165) is 25.7 Å². The van der Waals surface area contributed by atoms with Gasteiger partial charge in [-0.2, -0.15) is 0 Å².